The van der Waals surface area contributed by atoms with Gasteiger partial charge in [-0.3, -0.25) is 0 Å². The first kappa shape index (κ1) is 21.7. The lowest BCUT2D eigenvalue weighted by molar-refractivity contribution is -0.137. The molecule has 0 N–H and O–H groups in total. The molecule has 150 valence electrons. The summed E-state index contributed by atoms with van der Waals surface area (Å²) in [5.74, 6) is -0.193. The molecule has 1 unspecified atom stereocenters. The number of aryl methyl sites for hydroxylation is 1. The number of alkyl halides is 3. The van der Waals surface area contributed by atoms with Gasteiger partial charge < -0.3 is 4.74 Å². The van der Waals surface area contributed by atoms with Gasteiger partial charge in [-0.15, -0.1) is 0 Å². The molecule has 2 aromatic rings. The molecule has 0 aliphatic heterocycles. The van der Waals surface area contributed by atoms with Crippen LogP contribution in [-0.2, 0) is 6.18 Å². The topological polar surface area (TPSA) is 26.3 Å². The summed E-state index contributed by atoms with van der Waals surface area (Å²) in [4.78, 5) is 12.4. The van der Waals surface area contributed by atoms with Crippen molar-refractivity contribution in [2.75, 3.05) is 0 Å². The SMILES string of the molecule is CC(C)=CC(c1ccc(C(=O)Oc2cc(C)cc(C(F)(F)F)c2)cc1)C(C)C. The van der Waals surface area contributed by atoms with E-state index in [-0.39, 0.29) is 11.7 Å². The van der Waals surface area contributed by atoms with Crippen LogP contribution in [0.5, 0.6) is 5.75 Å². The van der Waals surface area contributed by atoms with E-state index < -0.39 is 17.7 Å². The number of carbonyl (C=O) groups excluding carboxylic acids is 1. The van der Waals surface area contributed by atoms with Crippen molar-refractivity contribution in [3.8, 4) is 5.75 Å². The molecule has 0 fully saturated rings. The Morgan fingerprint density at radius 3 is 2.14 bits per heavy atom. The van der Waals surface area contributed by atoms with Gasteiger partial charge in [-0.25, -0.2) is 4.79 Å². The predicted octanol–water partition coefficient (Wildman–Crippen LogP) is 6.94. The van der Waals surface area contributed by atoms with Crippen molar-refractivity contribution in [2.24, 2.45) is 5.92 Å². The van der Waals surface area contributed by atoms with Crippen molar-refractivity contribution in [3.05, 3.63) is 76.4 Å². The van der Waals surface area contributed by atoms with Gasteiger partial charge in [-0.2, -0.15) is 13.2 Å². The van der Waals surface area contributed by atoms with Crippen LogP contribution in [0.1, 0.15) is 60.7 Å². The second-order valence-electron chi connectivity index (χ2n) is 7.56. The molecular formula is C23H25F3O2. The van der Waals surface area contributed by atoms with Crippen LogP contribution in [0.15, 0.2) is 54.1 Å². The van der Waals surface area contributed by atoms with Gasteiger partial charge >= 0.3 is 12.1 Å². The Hall–Kier alpha value is -2.56. The fourth-order valence-corrected chi connectivity index (χ4v) is 3.01. The molecule has 5 heteroatoms. The summed E-state index contributed by atoms with van der Waals surface area (Å²) in [7, 11) is 0. The summed E-state index contributed by atoms with van der Waals surface area (Å²) in [5.41, 5.74) is 2.10. The van der Waals surface area contributed by atoms with Gasteiger partial charge in [-0.1, -0.05) is 37.6 Å². The highest BCUT2D eigenvalue weighted by molar-refractivity contribution is 5.91. The molecular weight excluding hydrogens is 365 g/mol. The van der Waals surface area contributed by atoms with Gasteiger partial charge in [0.05, 0.1) is 11.1 Å². The van der Waals surface area contributed by atoms with E-state index >= 15 is 0 Å². The normalized spacial score (nSPS) is 12.6. The fourth-order valence-electron chi connectivity index (χ4n) is 3.01. The number of allylic oxidation sites excluding steroid dienone is 2. The summed E-state index contributed by atoms with van der Waals surface area (Å²) in [6, 6.07) is 10.3. The molecule has 0 saturated heterocycles. The molecule has 0 bridgehead atoms. The van der Waals surface area contributed by atoms with E-state index in [1.165, 1.54) is 18.6 Å². The Bertz CT molecular complexity index is 858. The number of carbonyl (C=O) groups is 1. The van der Waals surface area contributed by atoms with Crippen molar-refractivity contribution in [2.45, 2.75) is 46.7 Å². The van der Waals surface area contributed by atoms with Gasteiger partial charge in [0, 0.05) is 5.92 Å². The first-order chi connectivity index (χ1) is 13.0. The summed E-state index contributed by atoms with van der Waals surface area (Å²) in [6.45, 7) is 9.86. The third kappa shape index (κ3) is 5.72. The smallest absolute Gasteiger partial charge is 0.416 e. The predicted molar refractivity (Wildman–Crippen MR) is 105 cm³/mol. The van der Waals surface area contributed by atoms with Crippen molar-refractivity contribution < 1.29 is 22.7 Å². The number of rotatable bonds is 5. The number of hydrogen-bond donors (Lipinski definition) is 0. The van der Waals surface area contributed by atoms with Crippen LogP contribution in [-0.4, -0.2) is 5.97 Å². The van der Waals surface area contributed by atoms with E-state index in [4.69, 9.17) is 4.74 Å². The van der Waals surface area contributed by atoms with Crippen LogP contribution in [0.4, 0.5) is 13.2 Å². The third-order valence-electron chi connectivity index (χ3n) is 4.35. The van der Waals surface area contributed by atoms with Crippen molar-refractivity contribution in [3.63, 3.8) is 0 Å². The zero-order valence-corrected chi connectivity index (χ0v) is 16.7. The lowest BCUT2D eigenvalue weighted by atomic mass is 9.87. The Labute approximate surface area is 164 Å². The van der Waals surface area contributed by atoms with Gasteiger partial charge in [0.15, 0.2) is 0 Å². The van der Waals surface area contributed by atoms with Crippen LogP contribution < -0.4 is 4.74 Å². The van der Waals surface area contributed by atoms with E-state index in [1.807, 2.05) is 26.0 Å². The first-order valence-corrected chi connectivity index (χ1v) is 9.13. The lowest BCUT2D eigenvalue weighted by Gasteiger charge is -2.18. The maximum Gasteiger partial charge on any atom is 0.416 e. The quantitative estimate of drug-likeness (QED) is 0.314. The largest absolute Gasteiger partial charge is 0.423 e. The number of ether oxygens (including phenoxy) is 1. The molecule has 0 aliphatic rings. The average molecular weight is 390 g/mol. The van der Waals surface area contributed by atoms with E-state index in [1.54, 1.807) is 12.1 Å². The highest BCUT2D eigenvalue weighted by Gasteiger charge is 2.31. The van der Waals surface area contributed by atoms with Crippen LogP contribution in [0.2, 0.25) is 0 Å². The van der Waals surface area contributed by atoms with Gasteiger partial charge in [0.1, 0.15) is 5.75 Å². The molecule has 0 radical (unpaired) electrons. The molecule has 0 saturated carbocycles. The van der Waals surface area contributed by atoms with E-state index in [0.29, 0.717) is 17.0 Å². The van der Waals surface area contributed by atoms with Crippen molar-refractivity contribution >= 4 is 5.97 Å². The summed E-state index contributed by atoms with van der Waals surface area (Å²) in [5, 5.41) is 0. The van der Waals surface area contributed by atoms with Crippen molar-refractivity contribution in [1.82, 2.24) is 0 Å². The molecule has 2 nitrogen and oxygen atoms in total. The maximum atomic E-state index is 12.9. The Kier molecular flexibility index (Phi) is 6.70. The number of esters is 1. The summed E-state index contributed by atoms with van der Waals surface area (Å²) < 4.78 is 44.0. The molecule has 0 aromatic heterocycles. The van der Waals surface area contributed by atoms with Gasteiger partial charge in [0.2, 0.25) is 0 Å². The minimum Gasteiger partial charge on any atom is -0.423 e. The second-order valence-corrected chi connectivity index (χ2v) is 7.56. The fraction of sp³-hybridized carbons (Fsp3) is 0.348. The lowest BCUT2D eigenvalue weighted by Crippen LogP contribution is -2.11. The highest BCUT2D eigenvalue weighted by Crippen LogP contribution is 2.33. The third-order valence-corrected chi connectivity index (χ3v) is 4.35. The zero-order chi connectivity index (χ0) is 21.1. The average Bonchev–Trinajstić information content (AvgIpc) is 2.58. The zero-order valence-electron chi connectivity index (χ0n) is 16.7. The molecule has 28 heavy (non-hydrogen) atoms. The Morgan fingerprint density at radius 1 is 1.04 bits per heavy atom. The highest BCUT2D eigenvalue weighted by atomic mass is 19.4. The minimum atomic E-state index is -4.49. The van der Waals surface area contributed by atoms with Crippen molar-refractivity contribution in [1.29, 1.82) is 0 Å². The van der Waals surface area contributed by atoms with E-state index in [2.05, 4.69) is 19.9 Å². The molecule has 1 atom stereocenters. The molecule has 0 amide bonds. The van der Waals surface area contributed by atoms with E-state index in [9.17, 15) is 18.0 Å². The number of hydrogen-bond acceptors (Lipinski definition) is 2. The Balaban J connectivity index is 2.22. The van der Waals surface area contributed by atoms with Crippen LogP contribution in [0.3, 0.4) is 0 Å². The number of halogens is 3. The molecule has 2 aromatic carbocycles. The van der Waals surface area contributed by atoms with Gasteiger partial charge in [-0.05, 0) is 68.1 Å². The van der Waals surface area contributed by atoms with Crippen LogP contribution >= 0.6 is 0 Å². The van der Waals surface area contributed by atoms with Crippen LogP contribution in [0, 0.1) is 12.8 Å². The number of benzene rings is 2. The standard InChI is InChI=1S/C23H25F3O2/c1-14(2)10-21(15(3)4)17-6-8-18(9-7-17)22(27)28-20-12-16(5)11-19(13-20)23(24,25)26/h6-13,15,21H,1-5H3. The summed E-state index contributed by atoms with van der Waals surface area (Å²) in [6.07, 6.45) is -2.31. The minimum absolute atomic E-state index is 0.119. The van der Waals surface area contributed by atoms with E-state index in [0.717, 1.165) is 17.7 Å². The molecule has 0 aliphatic carbocycles. The first-order valence-electron chi connectivity index (χ1n) is 9.13. The molecule has 0 heterocycles. The molecule has 2 rings (SSSR count). The van der Waals surface area contributed by atoms with Gasteiger partial charge in [0.25, 0.3) is 0 Å². The second kappa shape index (κ2) is 8.63. The summed E-state index contributed by atoms with van der Waals surface area (Å²) >= 11 is 0. The van der Waals surface area contributed by atoms with Crippen LogP contribution in [0.25, 0.3) is 0 Å². The molecule has 0 spiro atoms. The maximum absolute atomic E-state index is 12.9. The Morgan fingerprint density at radius 2 is 1.64 bits per heavy atom. The monoisotopic (exact) mass is 390 g/mol.